The van der Waals surface area contributed by atoms with Crippen LogP contribution in [0.15, 0.2) is 24.4 Å². The molecular weight excluding hydrogens is 362 g/mol. The molecule has 1 spiro atoms. The maximum atomic E-state index is 12.0. The first-order valence-corrected chi connectivity index (χ1v) is 9.73. The lowest BCUT2D eigenvalue weighted by atomic mass is 9.96. The van der Waals surface area contributed by atoms with Gasteiger partial charge in [-0.15, -0.1) is 0 Å². The molecule has 3 aliphatic rings. The lowest BCUT2D eigenvalue weighted by Gasteiger charge is -2.12. The van der Waals surface area contributed by atoms with Crippen molar-refractivity contribution in [3.63, 3.8) is 0 Å². The molecule has 6 rings (SSSR count). The summed E-state index contributed by atoms with van der Waals surface area (Å²) in [4.78, 5) is 24.5. The topological polar surface area (TPSA) is 82.7 Å². The number of pyridine rings is 1. The van der Waals surface area contributed by atoms with Gasteiger partial charge in [-0.2, -0.15) is 0 Å². The van der Waals surface area contributed by atoms with E-state index in [1.54, 1.807) is 0 Å². The molecule has 136 valence electrons. The number of hydrogen-bond acceptors (Lipinski definition) is 4. The summed E-state index contributed by atoms with van der Waals surface area (Å²) in [5.74, 6) is 1.52. The average molecular weight is 380 g/mol. The Morgan fingerprint density at radius 2 is 2.11 bits per heavy atom. The van der Waals surface area contributed by atoms with E-state index in [4.69, 9.17) is 11.6 Å². The maximum absolute atomic E-state index is 12.0. The van der Waals surface area contributed by atoms with E-state index in [2.05, 4.69) is 31.7 Å². The zero-order valence-electron chi connectivity index (χ0n) is 14.6. The summed E-state index contributed by atoms with van der Waals surface area (Å²) in [5, 5.41) is 7.06. The fraction of sp³-hybridized carbons (Fsp3) is 0.350. The van der Waals surface area contributed by atoms with E-state index in [0.29, 0.717) is 6.54 Å². The number of aromatic nitrogens is 3. The molecule has 6 nitrogen and oxygen atoms in total. The molecule has 0 radical (unpaired) electrons. The van der Waals surface area contributed by atoms with E-state index >= 15 is 0 Å². The van der Waals surface area contributed by atoms with Gasteiger partial charge in [0, 0.05) is 35.8 Å². The fourth-order valence-corrected chi connectivity index (χ4v) is 4.89. The van der Waals surface area contributed by atoms with Crippen LogP contribution in [0.3, 0.4) is 0 Å². The summed E-state index contributed by atoms with van der Waals surface area (Å²) in [5.41, 5.74) is 5.10. The fourth-order valence-electron chi connectivity index (χ4n) is 4.44. The standard InChI is InChI=1S/C20H18ClN5O/c21-16-12(8-23-18-15(16)20(4-5-20)9-24-18)10-1-2-13-14(7-10)26-17(25-13)11-3-6-22-19(11)27/h1-2,7-8,11H,3-6,9H2,(H,22,27)(H,23,24)(H,25,26). The Morgan fingerprint density at radius 3 is 2.89 bits per heavy atom. The number of aromatic amines is 1. The Bertz CT molecular complexity index is 1120. The predicted octanol–water partition coefficient (Wildman–Crippen LogP) is 3.34. The number of H-pyrrole nitrogens is 1. The highest BCUT2D eigenvalue weighted by Crippen LogP contribution is 2.57. The molecule has 7 heteroatoms. The van der Waals surface area contributed by atoms with Crippen molar-refractivity contribution in [2.75, 3.05) is 18.4 Å². The minimum Gasteiger partial charge on any atom is -0.369 e. The van der Waals surface area contributed by atoms with Gasteiger partial charge in [-0.25, -0.2) is 9.97 Å². The number of fused-ring (bicyclic) bond motifs is 3. The SMILES string of the molecule is O=C1NCCC1c1nc2ccc(-c3cnc4c(c3Cl)C3(CC3)CN4)cc2[nH]1. The molecule has 1 saturated carbocycles. The van der Waals surface area contributed by atoms with E-state index < -0.39 is 0 Å². The minimum absolute atomic E-state index is 0.0439. The van der Waals surface area contributed by atoms with Crippen LogP contribution in [0.5, 0.6) is 0 Å². The Kier molecular flexibility index (Phi) is 2.99. The minimum atomic E-state index is -0.188. The number of anilines is 1. The molecule has 1 aliphatic carbocycles. The highest BCUT2D eigenvalue weighted by atomic mass is 35.5. The third-order valence-electron chi connectivity index (χ3n) is 6.18. The summed E-state index contributed by atoms with van der Waals surface area (Å²) in [6.45, 7) is 1.64. The molecular formula is C20H18ClN5O. The summed E-state index contributed by atoms with van der Waals surface area (Å²) in [6, 6.07) is 6.06. The van der Waals surface area contributed by atoms with Crippen molar-refractivity contribution in [3.8, 4) is 11.1 Å². The predicted molar refractivity (Wildman–Crippen MR) is 104 cm³/mol. The van der Waals surface area contributed by atoms with Crippen LogP contribution in [-0.4, -0.2) is 33.9 Å². The molecule has 2 aromatic heterocycles. The highest BCUT2D eigenvalue weighted by Gasteiger charge is 2.51. The Labute approximate surface area is 160 Å². The van der Waals surface area contributed by atoms with Crippen molar-refractivity contribution in [1.82, 2.24) is 20.3 Å². The molecule has 1 saturated heterocycles. The van der Waals surface area contributed by atoms with E-state index in [9.17, 15) is 4.79 Å². The number of carbonyl (C=O) groups excluding carboxylic acids is 1. The van der Waals surface area contributed by atoms with Crippen molar-refractivity contribution in [1.29, 1.82) is 0 Å². The van der Waals surface area contributed by atoms with E-state index in [-0.39, 0.29) is 17.2 Å². The van der Waals surface area contributed by atoms with E-state index in [0.717, 1.165) is 51.8 Å². The van der Waals surface area contributed by atoms with Gasteiger partial charge >= 0.3 is 0 Å². The number of halogens is 1. The molecule has 3 N–H and O–H groups in total. The van der Waals surface area contributed by atoms with Crippen LogP contribution in [-0.2, 0) is 10.2 Å². The first-order valence-electron chi connectivity index (χ1n) is 9.35. The van der Waals surface area contributed by atoms with Crippen LogP contribution in [0.1, 0.15) is 36.6 Å². The Morgan fingerprint density at radius 1 is 1.22 bits per heavy atom. The van der Waals surface area contributed by atoms with Gasteiger partial charge in [-0.3, -0.25) is 4.79 Å². The molecule has 27 heavy (non-hydrogen) atoms. The second-order valence-corrected chi connectivity index (χ2v) is 8.21. The normalized spacial score (nSPS) is 22.1. The zero-order chi connectivity index (χ0) is 18.2. The van der Waals surface area contributed by atoms with Gasteiger partial charge in [-0.05, 0) is 37.0 Å². The molecule has 2 aliphatic heterocycles. The van der Waals surface area contributed by atoms with Crippen molar-refractivity contribution >= 4 is 34.4 Å². The summed E-state index contributed by atoms with van der Waals surface area (Å²) >= 11 is 6.83. The van der Waals surface area contributed by atoms with Gasteiger partial charge in [-0.1, -0.05) is 17.7 Å². The second-order valence-electron chi connectivity index (χ2n) is 7.83. The number of nitrogens with zero attached hydrogens (tertiary/aromatic N) is 2. The van der Waals surface area contributed by atoms with Crippen molar-refractivity contribution in [3.05, 3.63) is 40.8 Å². The third-order valence-corrected chi connectivity index (χ3v) is 6.58. The average Bonchev–Trinajstić information content (AvgIpc) is 2.99. The lowest BCUT2D eigenvalue weighted by Crippen LogP contribution is -2.18. The van der Waals surface area contributed by atoms with Crippen LogP contribution in [0, 0.1) is 0 Å². The van der Waals surface area contributed by atoms with Crippen molar-refractivity contribution in [2.24, 2.45) is 0 Å². The number of hydrogen-bond donors (Lipinski definition) is 3. The van der Waals surface area contributed by atoms with Gasteiger partial charge in [0.1, 0.15) is 11.6 Å². The van der Waals surface area contributed by atoms with E-state index in [1.807, 2.05) is 18.3 Å². The summed E-state index contributed by atoms with van der Waals surface area (Å²) < 4.78 is 0. The number of amides is 1. The molecule has 4 heterocycles. The number of nitrogens with one attached hydrogen (secondary N) is 3. The first kappa shape index (κ1) is 15.5. The molecule has 3 aromatic rings. The lowest BCUT2D eigenvalue weighted by molar-refractivity contribution is -0.120. The van der Waals surface area contributed by atoms with Crippen LogP contribution in [0.4, 0.5) is 5.82 Å². The van der Waals surface area contributed by atoms with Gasteiger partial charge in [0.25, 0.3) is 0 Å². The molecule has 1 aromatic carbocycles. The third kappa shape index (κ3) is 2.16. The van der Waals surface area contributed by atoms with Crippen molar-refractivity contribution in [2.45, 2.75) is 30.6 Å². The Balaban J connectivity index is 1.44. The Hall–Kier alpha value is -2.60. The largest absolute Gasteiger partial charge is 0.369 e. The summed E-state index contributed by atoms with van der Waals surface area (Å²) in [7, 11) is 0. The number of benzene rings is 1. The van der Waals surface area contributed by atoms with Crippen molar-refractivity contribution < 1.29 is 4.79 Å². The summed E-state index contributed by atoms with van der Waals surface area (Å²) in [6.07, 6.45) is 4.97. The van der Waals surface area contributed by atoms with Gasteiger partial charge in [0.05, 0.1) is 22.0 Å². The molecule has 0 bridgehead atoms. The van der Waals surface area contributed by atoms with Crippen LogP contribution in [0.25, 0.3) is 22.2 Å². The van der Waals surface area contributed by atoms with Gasteiger partial charge in [0.15, 0.2) is 0 Å². The molecule has 2 fully saturated rings. The van der Waals surface area contributed by atoms with Crippen LogP contribution >= 0.6 is 11.6 Å². The highest BCUT2D eigenvalue weighted by molar-refractivity contribution is 6.34. The molecule has 1 amide bonds. The quantitative estimate of drug-likeness (QED) is 0.637. The smallest absolute Gasteiger partial charge is 0.230 e. The second kappa shape index (κ2) is 5.23. The van der Waals surface area contributed by atoms with Gasteiger partial charge < -0.3 is 15.6 Å². The zero-order valence-corrected chi connectivity index (χ0v) is 15.4. The molecule has 1 atom stereocenters. The maximum Gasteiger partial charge on any atom is 0.230 e. The molecule has 1 unspecified atom stereocenters. The van der Waals surface area contributed by atoms with Crippen LogP contribution in [0.2, 0.25) is 5.02 Å². The van der Waals surface area contributed by atoms with Gasteiger partial charge in [0.2, 0.25) is 5.91 Å². The first-order chi connectivity index (χ1) is 13.1. The number of imidazole rings is 1. The van der Waals surface area contributed by atoms with E-state index in [1.165, 1.54) is 18.4 Å². The number of rotatable bonds is 2. The van der Waals surface area contributed by atoms with Crippen LogP contribution < -0.4 is 10.6 Å². The number of carbonyl (C=O) groups is 1. The monoisotopic (exact) mass is 379 g/mol.